The molecule has 0 saturated carbocycles. The molecule has 1 rings (SSSR count). The third-order valence-electron chi connectivity index (χ3n) is 3.32. The molecule has 0 fully saturated rings. The van der Waals surface area contributed by atoms with Gasteiger partial charge in [-0.25, -0.2) is 0 Å². The van der Waals surface area contributed by atoms with E-state index in [1.807, 2.05) is 18.0 Å². The molecule has 3 N–H and O–H groups in total. The second kappa shape index (κ2) is 7.36. The van der Waals surface area contributed by atoms with Gasteiger partial charge in [-0.05, 0) is 24.7 Å². The van der Waals surface area contributed by atoms with Gasteiger partial charge in [-0.1, -0.05) is 19.1 Å². The molecule has 1 atom stereocenters. The quantitative estimate of drug-likeness (QED) is 0.676. The Kier molecular flexibility index (Phi) is 6.11. The fraction of sp³-hybridized carbons (Fsp3) is 0.533. The molecule has 0 aliphatic carbocycles. The summed E-state index contributed by atoms with van der Waals surface area (Å²) in [6.07, 6.45) is -0.672. The van der Waals surface area contributed by atoms with Crippen LogP contribution in [0.25, 0.3) is 0 Å². The van der Waals surface area contributed by atoms with Gasteiger partial charge in [0, 0.05) is 18.5 Å². The first-order valence-electron chi connectivity index (χ1n) is 6.52. The minimum atomic E-state index is -0.672. The molecule has 110 valence electrons. The van der Waals surface area contributed by atoms with Crippen molar-refractivity contribution in [1.29, 1.82) is 5.26 Å². The second-order valence-corrected chi connectivity index (χ2v) is 5.57. The Morgan fingerprint density at radius 3 is 2.25 bits per heavy atom. The van der Waals surface area contributed by atoms with Gasteiger partial charge in [-0.15, -0.1) is 0 Å². The summed E-state index contributed by atoms with van der Waals surface area (Å²) in [5.41, 5.74) is 0.715. The number of benzene rings is 1. The smallest absolute Gasteiger partial charge is 0.0991 e. The van der Waals surface area contributed by atoms with Crippen LogP contribution in [0.2, 0.25) is 0 Å². The van der Waals surface area contributed by atoms with Crippen molar-refractivity contribution in [2.75, 3.05) is 33.4 Å². The number of likely N-dealkylation sites (N-methyl/N-ethyl adjacent to an activating group) is 1. The van der Waals surface area contributed by atoms with Crippen LogP contribution < -0.4 is 0 Å². The fourth-order valence-corrected chi connectivity index (χ4v) is 2.05. The summed E-state index contributed by atoms with van der Waals surface area (Å²) in [6, 6.07) is 8.84. The Labute approximate surface area is 119 Å². The van der Waals surface area contributed by atoms with Gasteiger partial charge >= 0.3 is 0 Å². The van der Waals surface area contributed by atoms with Crippen molar-refractivity contribution in [3.8, 4) is 6.07 Å². The first kappa shape index (κ1) is 16.6. The Hall–Kier alpha value is -1.45. The van der Waals surface area contributed by atoms with Crippen LogP contribution in [0.15, 0.2) is 24.3 Å². The van der Waals surface area contributed by atoms with E-state index in [4.69, 9.17) is 5.26 Å². The Morgan fingerprint density at radius 2 is 1.80 bits per heavy atom. The molecule has 0 spiro atoms. The van der Waals surface area contributed by atoms with Gasteiger partial charge in [0.2, 0.25) is 0 Å². The van der Waals surface area contributed by atoms with Crippen LogP contribution in [0.3, 0.4) is 0 Å². The standard InChI is InChI=1S/C15H22N2O3/c1-15(10-18,11-19)9-17(2)8-14(20)13-5-3-12(7-16)4-6-13/h3-6,14,18-20H,8-11H2,1-2H3. The molecular formula is C15H22N2O3. The topological polar surface area (TPSA) is 87.7 Å². The summed E-state index contributed by atoms with van der Waals surface area (Å²) < 4.78 is 0. The molecule has 1 aromatic rings. The normalized spacial score (nSPS) is 13.2. The van der Waals surface area contributed by atoms with Gasteiger partial charge in [0.05, 0.1) is 31.0 Å². The van der Waals surface area contributed by atoms with E-state index in [1.54, 1.807) is 31.2 Å². The molecule has 0 radical (unpaired) electrons. The lowest BCUT2D eigenvalue weighted by atomic mass is 9.92. The summed E-state index contributed by atoms with van der Waals surface area (Å²) in [6.45, 7) is 2.44. The third kappa shape index (κ3) is 4.58. The Balaban J connectivity index is 2.60. The summed E-state index contributed by atoms with van der Waals surface area (Å²) in [7, 11) is 1.83. The maximum absolute atomic E-state index is 10.1. The predicted octanol–water partition coefficient (Wildman–Crippen LogP) is 0.514. The minimum absolute atomic E-state index is 0.110. The summed E-state index contributed by atoms with van der Waals surface area (Å²) >= 11 is 0. The van der Waals surface area contributed by atoms with E-state index in [9.17, 15) is 15.3 Å². The van der Waals surface area contributed by atoms with Gasteiger partial charge in [0.1, 0.15) is 0 Å². The second-order valence-electron chi connectivity index (χ2n) is 5.57. The minimum Gasteiger partial charge on any atom is -0.396 e. The van der Waals surface area contributed by atoms with E-state index >= 15 is 0 Å². The molecule has 0 saturated heterocycles. The molecule has 0 amide bonds. The van der Waals surface area contributed by atoms with Crippen molar-refractivity contribution in [3.63, 3.8) is 0 Å². The fourth-order valence-electron chi connectivity index (χ4n) is 2.05. The number of rotatable bonds is 7. The zero-order valence-corrected chi connectivity index (χ0v) is 12.0. The van der Waals surface area contributed by atoms with Crippen molar-refractivity contribution >= 4 is 0 Å². The van der Waals surface area contributed by atoms with Gasteiger partial charge in [0.25, 0.3) is 0 Å². The van der Waals surface area contributed by atoms with Crippen molar-refractivity contribution in [1.82, 2.24) is 4.90 Å². The van der Waals surface area contributed by atoms with Crippen molar-refractivity contribution < 1.29 is 15.3 Å². The highest BCUT2D eigenvalue weighted by Crippen LogP contribution is 2.19. The average Bonchev–Trinajstić information content (AvgIpc) is 2.46. The van der Waals surface area contributed by atoms with Crippen LogP contribution in [0.5, 0.6) is 0 Å². The Bertz CT molecular complexity index is 449. The van der Waals surface area contributed by atoms with Crippen LogP contribution in [-0.2, 0) is 0 Å². The SMILES string of the molecule is CN(CC(O)c1ccc(C#N)cc1)CC(C)(CO)CO. The molecule has 0 aliphatic rings. The van der Waals surface area contributed by atoms with Gasteiger partial charge in [-0.2, -0.15) is 5.26 Å². The third-order valence-corrected chi connectivity index (χ3v) is 3.32. The number of aliphatic hydroxyl groups excluding tert-OH is 3. The monoisotopic (exact) mass is 278 g/mol. The summed E-state index contributed by atoms with van der Waals surface area (Å²) in [4.78, 5) is 1.87. The van der Waals surface area contributed by atoms with E-state index in [1.165, 1.54) is 0 Å². The van der Waals surface area contributed by atoms with Crippen LogP contribution in [0.4, 0.5) is 0 Å². The van der Waals surface area contributed by atoms with Crippen LogP contribution in [-0.4, -0.2) is 53.6 Å². The lowest BCUT2D eigenvalue weighted by Gasteiger charge is -2.31. The van der Waals surface area contributed by atoms with Crippen LogP contribution >= 0.6 is 0 Å². The molecule has 0 bridgehead atoms. The first-order valence-corrected chi connectivity index (χ1v) is 6.52. The van der Waals surface area contributed by atoms with Crippen molar-refractivity contribution in [2.24, 2.45) is 5.41 Å². The molecule has 0 heterocycles. The zero-order chi connectivity index (χ0) is 15.2. The van der Waals surface area contributed by atoms with E-state index in [0.29, 0.717) is 18.7 Å². The van der Waals surface area contributed by atoms with Crippen LogP contribution in [0, 0.1) is 16.7 Å². The number of hydrogen-bond donors (Lipinski definition) is 3. The maximum Gasteiger partial charge on any atom is 0.0991 e. The van der Waals surface area contributed by atoms with E-state index < -0.39 is 11.5 Å². The van der Waals surface area contributed by atoms with Crippen LogP contribution in [0.1, 0.15) is 24.2 Å². The number of nitrogens with zero attached hydrogens (tertiary/aromatic N) is 2. The molecule has 1 aromatic carbocycles. The van der Waals surface area contributed by atoms with Gasteiger partial charge in [-0.3, -0.25) is 0 Å². The maximum atomic E-state index is 10.1. The molecule has 0 aromatic heterocycles. The van der Waals surface area contributed by atoms with E-state index in [2.05, 4.69) is 0 Å². The van der Waals surface area contributed by atoms with E-state index in [-0.39, 0.29) is 13.2 Å². The predicted molar refractivity (Wildman–Crippen MR) is 75.9 cm³/mol. The lowest BCUT2D eigenvalue weighted by Crippen LogP contribution is -2.40. The molecule has 20 heavy (non-hydrogen) atoms. The van der Waals surface area contributed by atoms with Gasteiger partial charge < -0.3 is 20.2 Å². The molecule has 1 unspecified atom stereocenters. The largest absolute Gasteiger partial charge is 0.396 e. The summed E-state index contributed by atoms with van der Waals surface area (Å²) in [5.74, 6) is 0. The Morgan fingerprint density at radius 1 is 1.25 bits per heavy atom. The molecule has 0 aliphatic heterocycles. The molecule has 5 nitrogen and oxygen atoms in total. The molecule has 5 heteroatoms. The highest BCUT2D eigenvalue weighted by molar-refractivity contribution is 5.32. The number of nitriles is 1. The zero-order valence-electron chi connectivity index (χ0n) is 12.0. The highest BCUT2D eigenvalue weighted by Gasteiger charge is 2.25. The van der Waals surface area contributed by atoms with Gasteiger partial charge in [0.15, 0.2) is 0 Å². The van der Waals surface area contributed by atoms with Crippen molar-refractivity contribution in [2.45, 2.75) is 13.0 Å². The first-order chi connectivity index (χ1) is 9.44. The molecular weight excluding hydrogens is 256 g/mol. The lowest BCUT2D eigenvalue weighted by molar-refractivity contribution is 0.0280. The number of hydrogen-bond acceptors (Lipinski definition) is 5. The average molecular weight is 278 g/mol. The highest BCUT2D eigenvalue weighted by atomic mass is 16.3. The van der Waals surface area contributed by atoms with Crippen molar-refractivity contribution in [3.05, 3.63) is 35.4 Å². The number of aliphatic hydroxyl groups is 3. The van der Waals surface area contributed by atoms with E-state index in [0.717, 1.165) is 5.56 Å². The summed E-state index contributed by atoms with van der Waals surface area (Å²) in [5, 5.41) is 37.4.